The Hall–Kier alpha value is -4.37. The second-order valence-corrected chi connectivity index (χ2v) is 13.5. The maximum atomic E-state index is 14.4. The summed E-state index contributed by atoms with van der Waals surface area (Å²) in [6.07, 6.45) is 7.13. The van der Waals surface area contributed by atoms with Crippen molar-refractivity contribution >= 4 is 22.5 Å². The van der Waals surface area contributed by atoms with Crippen LogP contribution in [0.1, 0.15) is 92.0 Å². The zero-order valence-electron chi connectivity index (χ0n) is 32.7. The van der Waals surface area contributed by atoms with Crippen molar-refractivity contribution in [1.82, 2.24) is 19.4 Å². The summed E-state index contributed by atoms with van der Waals surface area (Å²) >= 11 is 0. The highest BCUT2D eigenvalue weighted by Gasteiger charge is 2.25. The average molecular weight is 712 g/mol. The fraction of sp³-hybridized carbons (Fsp3) is 0.512. The predicted octanol–water partition coefficient (Wildman–Crippen LogP) is 8.28. The van der Waals surface area contributed by atoms with Gasteiger partial charge in [0.05, 0.1) is 29.2 Å². The molecule has 6 rings (SSSR count). The van der Waals surface area contributed by atoms with Crippen LogP contribution in [0.25, 0.3) is 16.6 Å². The number of ether oxygens (including phenoxy) is 2. The van der Waals surface area contributed by atoms with Gasteiger partial charge in [-0.2, -0.15) is 0 Å². The fourth-order valence-electron chi connectivity index (χ4n) is 6.33. The fourth-order valence-corrected chi connectivity index (χ4v) is 6.33. The van der Waals surface area contributed by atoms with Crippen LogP contribution in [0.4, 0.5) is 5.69 Å². The lowest BCUT2D eigenvalue weighted by atomic mass is 10.1. The van der Waals surface area contributed by atoms with Crippen LogP contribution in [0, 0.1) is 0 Å². The first-order chi connectivity index (χ1) is 25.3. The molecule has 2 saturated heterocycles. The van der Waals surface area contributed by atoms with Crippen molar-refractivity contribution in [2.75, 3.05) is 50.8 Å². The van der Waals surface area contributed by atoms with Crippen molar-refractivity contribution in [3.63, 3.8) is 0 Å². The van der Waals surface area contributed by atoms with E-state index < -0.39 is 0 Å². The van der Waals surface area contributed by atoms with Crippen LogP contribution in [0.2, 0.25) is 0 Å². The molecule has 0 radical (unpaired) electrons. The minimum Gasteiger partial charge on any atom is -0.489 e. The van der Waals surface area contributed by atoms with Gasteiger partial charge < -0.3 is 19.3 Å². The number of unbranched alkanes of at least 4 members (excludes halogenated alkanes) is 1. The number of fused-ring (bicyclic) bond motifs is 1. The first kappa shape index (κ1) is 40.4. The minimum absolute atomic E-state index is 0.0172. The Morgan fingerprint density at radius 3 is 2.13 bits per heavy atom. The van der Waals surface area contributed by atoms with Crippen molar-refractivity contribution in [2.45, 2.75) is 99.6 Å². The van der Waals surface area contributed by atoms with Crippen molar-refractivity contribution in [2.24, 2.45) is 0 Å². The summed E-state index contributed by atoms with van der Waals surface area (Å²) in [6, 6.07) is 21.7. The molecule has 0 N–H and O–H groups in total. The number of amides is 1. The maximum Gasteiger partial charge on any atom is 0.266 e. The van der Waals surface area contributed by atoms with Gasteiger partial charge in [-0.3, -0.25) is 19.1 Å². The first-order valence-corrected chi connectivity index (χ1v) is 19.6. The van der Waals surface area contributed by atoms with Crippen LogP contribution < -0.4 is 19.9 Å². The third kappa shape index (κ3) is 10.8. The second-order valence-electron chi connectivity index (χ2n) is 13.5. The number of aryl methyl sites for hydroxylation is 1. The smallest absolute Gasteiger partial charge is 0.266 e. The van der Waals surface area contributed by atoms with Crippen LogP contribution in [0.3, 0.4) is 0 Å². The van der Waals surface area contributed by atoms with Gasteiger partial charge in [0.25, 0.3) is 11.5 Å². The van der Waals surface area contributed by atoms with Gasteiger partial charge in [0, 0.05) is 45.0 Å². The quantitative estimate of drug-likeness (QED) is 0.155. The number of nitrogens with zero attached hydrogens (tertiary/aromatic N) is 5. The second kappa shape index (κ2) is 20.6. The molecule has 9 heteroatoms. The van der Waals surface area contributed by atoms with Gasteiger partial charge in [-0.1, -0.05) is 71.7 Å². The molecular weight excluding hydrogens is 651 g/mol. The molecule has 3 heterocycles. The Labute approximate surface area is 311 Å². The summed E-state index contributed by atoms with van der Waals surface area (Å²) in [5.41, 5.74) is 3.58. The highest BCUT2D eigenvalue weighted by Crippen LogP contribution is 2.27. The predicted molar refractivity (Wildman–Crippen MR) is 214 cm³/mol. The van der Waals surface area contributed by atoms with Crippen LogP contribution in [-0.4, -0.2) is 77.2 Å². The molecule has 0 bridgehead atoms. The van der Waals surface area contributed by atoms with E-state index in [-0.39, 0.29) is 24.2 Å². The summed E-state index contributed by atoms with van der Waals surface area (Å²) in [7, 11) is 0. The van der Waals surface area contributed by atoms with Gasteiger partial charge in [0.2, 0.25) is 0 Å². The standard InChI is InChI=1S/C37H45N5O4.C4H10.C2H6/c1-4-28-12-15-30(16-13-28)45-26-36(43)41-22-20-39(21-23-41)25-35-38-32-17-14-29(40-18-8-5-9-19-40)24-31(32)37(44)42(35)33-10-6-7-11-34(33)46-27(2)3;1-3-4-2;1-2/h6-7,10-17,24,27H,4-5,8-9,18-23,25-26H2,1-3H3;3-4H2,1-2H3;1-2H3. The Morgan fingerprint density at radius 2 is 1.50 bits per heavy atom. The zero-order chi connectivity index (χ0) is 37.5. The lowest BCUT2D eigenvalue weighted by Crippen LogP contribution is -2.50. The Bertz CT molecular complexity index is 1740. The van der Waals surface area contributed by atoms with Crippen LogP contribution in [0.15, 0.2) is 71.5 Å². The number of aromatic nitrogens is 2. The van der Waals surface area contributed by atoms with Gasteiger partial charge >= 0.3 is 0 Å². The number of piperidine rings is 1. The van der Waals surface area contributed by atoms with E-state index in [1.54, 1.807) is 4.57 Å². The van der Waals surface area contributed by atoms with E-state index in [0.29, 0.717) is 66.6 Å². The van der Waals surface area contributed by atoms with Gasteiger partial charge in [-0.25, -0.2) is 4.98 Å². The number of piperazine rings is 1. The van der Waals surface area contributed by atoms with E-state index in [1.807, 2.05) is 93.3 Å². The van der Waals surface area contributed by atoms with E-state index in [9.17, 15) is 9.59 Å². The molecule has 52 heavy (non-hydrogen) atoms. The SMILES string of the molecule is CC.CCCC.CCc1ccc(OCC(=O)N2CCN(Cc3nc4ccc(N5CCCCC5)cc4c(=O)n3-c3ccccc3OC(C)C)CC2)cc1. The van der Waals surface area contributed by atoms with Crippen LogP contribution in [-0.2, 0) is 17.8 Å². The number of carbonyl (C=O) groups excluding carboxylic acids is 1. The molecule has 0 spiro atoms. The molecule has 1 amide bonds. The summed E-state index contributed by atoms with van der Waals surface area (Å²) in [5, 5.41) is 0.603. The van der Waals surface area contributed by atoms with Crippen molar-refractivity contribution < 1.29 is 14.3 Å². The monoisotopic (exact) mass is 711 g/mol. The molecule has 0 unspecified atom stereocenters. The number of carbonyl (C=O) groups is 1. The summed E-state index contributed by atoms with van der Waals surface area (Å²) in [6.45, 7) is 19.4. The molecule has 1 aromatic heterocycles. The van der Waals surface area contributed by atoms with E-state index in [2.05, 4.69) is 36.6 Å². The zero-order valence-corrected chi connectivity index (χ0v) is 32.7. The van der Waals surface area contributed by atoms with Gasteiger partial charge in [0.15, 0.2) is 6.61 Å². The van der Waals surface area contributed by atoms with E-state index in [1.165, 1.54) is 24.8 Å². The van der Waals surface area contributed by atoms with Gasteiger partial charge in [-0.05, 0) is 87.6 Å². The minimum atomic E-state index is -0.100. The molecule has 3 aromatic carbocycles. The van der Waals surface area contributed by atoms with Crippen molar-refractivity contribution in [1.29, 1.82) is 0 Å². The summed E-state index contributed by atoms with van der Waals surface area (Å²) in [5.74, 6) is 1.98. The molecule has 2 aliphatic rings. The summed E-state index contributed by atoms with van der Waals surface area (Å²) in [4.78, 5) is 38.9. The molecule has 2 fully saturated rings. The number of anilines is 1. The number of benzene rings is 3. The Kier molecular flexibility index (Phi) is 16.0. The molecule has 0 atom stereocenters. The van der Waals surface area contributed by atoms with E-state index >= 15 is 0 Å². The molecule has 0 saturated carbocycles. The molecule has 9 nitrogen and oxygen atoms in total. The summed E-state index contributed by atoms with van der Waals surface area (Å²) < 4.78 is 13.7. The highest BCUT2D eigenvalue weighted by atomic mass is 16.5. The first-order valence-electron chi connectivity index (χ1n) is 19.6. The average Bonchev–Trinajstić information content (AvgIpc) is 3.19. The van der Waals surface area contributed by atoms with Crippen LogP contribution in [0.5, 0.6) is 11.5 Å². The highest BCUT2D eigenvalue weighted by molar-refractivity contribution is 5.82. The Morgan fingerprint density at radius 1 is 0.827 bits per heavy atom. The number of para-hydroxylation sites is 2. The molecule has 4 aromatic rings. The maximum absolute atomic E-state index is 14.4. The third-order valence-electron chi connectivity index (χ3n) is 9.40. The number of hydrogen-bond acceptors (Lipinski definition) is 7. The lowest BCUT2D eigenvalue weighted by Gasteiger charge is -2.34. The lowest BCUT2D eigenvalue weighted by molar-refractivity contribution is -0.135. The van der Waals surface area contributed by atoms with Crippen molar-refractivity contribution in [3.05, 3.63) is 88.5 Å². The normalized spacial score (nSPS) is 14.7. The number of hydrogen-bond donors (Lipinski definition) is 0. The van der Waals surface area contributed by atoms with Gasteiger partial charge in [-0.15, -0.1) is 0 Å². The largest absolute Gasteiger partial charge is 0.489 e. The molecular formula is C43H61N5O4. The molecule has 0 aliphatic carbocycles. The molecule has 282 valence electrons. The number of rotatable bonds is 11. The van der Waals surface area contributed by atoms with Crippen LogP contribution >= 0.6 is 0 Å². The Balaban J connectivity index is 0.000000944. The van der Waals surface area contributed by atoms with Gasteiger partial charge in [0.1, 0.15) is 17.3 Å². The third-order valence-corrected chi connectivity index (χ3v) is 9.40. The topological polar surface area (TPSA) is 80.1 Å². The van der Waals surface area contributed by atoms with E-state index in [0.717, 1.165) is 38.0 Å². The van der Waals surface area contributed by atoms with E-state index in [4.69, 9.17) is 14.5 Å². The van der Waals surface area contributed by atoms with Crippen molar-refractivity contribution in [3.8, 4) is 17.2 Å². The molecule has 2 aliphatic heterocycles.